The van der Waals surface area contributed by atoms with Crippen LogP contribution in [-0.4, -0.2) is 16.1 Å². The van der Waals surface area contributed by atoms with Gasteiger partial charge in [0.1, 0.15) is 5.52 Å². The van der Waals surface area contributed by atoms with Gasteiger partial charge in [0.25, 0.3) is 5.22 Å². The molecular formula is C23H18N2O2S2. The molecular weight excluding hydrogens is 400 g/mol. The van der Waals surface area contributed by atoms with Crippen molar-refractivity contribution >= 4 is 51.9 Å². The minimum Gasteiger partial charge on any atom is -0.431 e. The van der Waals surface area contributed by atoms with E-state index in [1.54, 1.807) is 11.8 Å². The van der Waals surface area contributed by atoms with E-state index in [1.807, 2.05) is 72.5 Å². The van der Waals surface area contributed by atoms with Crippen LogP contribution in [0.25, 0.3) is 11.1 Å². The molecule has 0 N–H and O–H groups in total. The van der Waals surface area contributed by atoms with Crippen LogP contribution in [-0.2, 0) is 4.79 Å². The number of nitrogens with zero attached hydrogens (tertiary/aromatic N) is 2. The molecule has 0 bridgehead atoms. The lowest BCUT2D eigenvalue weighted by Gasteiger charge is -2.32. The third kappa shape index (κ3) is 3.32. The van der Waals surface area contributed by atoms with Crippen LogP contribution in [0.2, 0.25) is 0 Å². The fourth-order valence-electron chi connectivity index (χ4n) is 3.42. The molecule has 1 aromatic heterocycles. The molecule has 0 spiro atoms. The van der Waals surface area contributed by atoms with Crippen molar-refractivity contribution < 1.29 is 9.21 Å². The van der Waals surface area contributed by atoms with Crippen LogP contribution in [0.3, 0.4) is 0 Å². The van der Waals surface area contributed by atoms with Gasteiger partial charge < -0.3 is 4.42 Å². The van der Waals surface area contributed by atoms with Gasteiger partial charge in [-0.3, -0.25) is 9.69 Å². The van der Waals surface area contributed by atoms with Crippen LogP contribution >= 0.6 is 23.5 Å². The van der Waals surface area contributed by atoms with Crippen LogP contribution in [0.5, 0.6) is 0 Å². The number of hydrogen-bond acceptors (Lipinski definition) is 5. The second-order valence-corrected chi connectivity index (χ2v) is 8.91. The van der Waals surface area contributed by atoms with Crippen molar-refractivity contribution in [1.29, 1.82) is 0 Å². The van der Waals surface area contributed by atoms with E-state index in [9.17, 15) is 4.79 Å². The molecule has 1 unspecified atom stereocenters. The summed E-state index contributed by atoms with van der Waals surface area (Å²) in [6.07, 6.45) is 0.677. The quantitative estimate of drug-likeness (QED) is 0.353. The summed E-state index contributed by atoms with van der Waals surface area (Å²) < 4.78 is 5.85. The molecule has 4 aromatic rings. The van der Waals surface area contributed by atoms with Gasteiger partial charge in [-0.2, -0.15) is 0 Å². The number of hydrogen-bond donors (Lipinski definition) is 0. The maximum atomic E-state index is 13.7. The Hall–Kier alpha value is -2.70. The van der Waals surface area contributed by atoms with E-state index in [-0.39, 0.29) is 11.2 Å². The SMILES string of the molecule is CCC(Sc1nc2ccccc2o1)C(=O)N1c2ccccc2Sc2ccccc21. The Balaban J connectivity index is 1.51. The molecule has 2 heterocycles. The van der Waals surface area contributed by atoms with Gasteiger partial charge in [0.2, 0.25) is 5.91 Å². The molecule has 1 aliphatic heterocycles. The standard InChI is InChI=1S/C23H18N2O2S2/c1-2-19(29-23-24-15-9-3-6-12-18(15)27-23)22(26)25-16-10-4-7-13-20(16)28-21-14-8-5-11-17(21)25/h3-14,19H,2H2,1H3. The molecule has 0 radical (unpaired) electrons. The number of para-hydroxylation sites is 4. The first-order chi connectivity index (χ1) is 14.2. The number of amides is 1. The zero-order chi connectivity index (χ0) is 19.8. The van der Waals surface area contributed by atoms with Crippen molar-refractivity contribution in [2.24, 2.45) is 0 Å². The molecule has 1 atom stereocenters. The number of thioether (sulfide) groups is 1. The average Bonchev–Trinajstić information content (AvgIpc) is 3.18. The number of fused-ring (bicyclic) bond motifs is 3. The second-order valence-electron chi connectivity index (χ2n) is 6.67. The summed E-state index contributed by atoms with van der Waals surface area (Å²) in [5, 5.41) is 0.228. The van der Waals surface area contributed by atoms with Crippen molar-refractivity contribution in [3.63, 3.8) is 0 Å². The summed E-state index contributed by atoms with van der Waals surface area (Å²) in [7, 11) is 0. The third-order valence-electron chi connectivity index (χ3n) is 4.82. The van der Waals surface area contributed by atoms with Gasteiger partial charge in [0, 0.05) is 9.79 Å². The number of aromatic nitrogens is 1. The van der Waals surface area contributed by atoms with E-state index in [1.165, 1.54) is 11.8 Å². The van der Waals surface area contributed by atoms with E-state index in [0.717, 1.165) is 32.3 Å². The second kappa shape index (κ2) is 7.61. The highest BCUT2D eigenvalue weighted by molar-refractivity contribution is 8.00. The van der Waals surface area contributed by atoms with Crippen LogP contribution in [0.15, 0.2) is 92.2 Å². The van der Waals surface area contributed by atoms with Gasteiger partial charge in [-0.05, 0) is 42.8 Å². The minimum absolute atomic E-state index is 0.0416. The van der Waals surface area contributed by atoms with Gasteiger partial charge in [-0.1, -0.05) is 66.8 Å². The largest absolute Gasteiger partial charge is 0.431 e. The highest BCUT2D eigenvalue weighted by Crippen LogP contribution is 2.48. The van der Waals surface area contributed by atoms with Crippen molar-refractivity contribution in [1.82, 2.24) is 4.98 Å². The number of oxazole rings is 1. The molecule has 0 fully saturated rings. The van der Waals surface area contributed by atoms with E-state index in [4.69, 9.17) is 4.42 Å². The third-order valence-corrected chi connectivity index (χ3v) is 7.14. The van der Waals surface area contributed by atoms with Gasteiger partial charge in [0.05, 0.1) is 16.6 Å². The fourth-order valence-corrected chi connectivity index (χ4v) is 5.38. The first-order valence-corrected chi connectivity index (χ1v) is 11.2. The van der Waals surface area contributed by atoms with E-state index in [0.29, 0.717) is 11.6 Å². The van der Waals surface area contributed by atoms with Crippen LogP contribution in [0.4, 0.5) is 11.4 Å². The van der Waals surface area contributed by atoms with Gasteiger partial charge in [-0.25, -0.2) is 4.98 Å². The summed E-state index contributed by atoms with van der Waals surface area (Å²) in [6.45, 7) is 2.02. The lowest BCUT2D eigenvalue weighted by atomic mass is 10.2. The van der Waals surface area contributed by atoms with E-state index < -0.39 is 0 Å². The van der Waals surface area contributed by atoms with Crippen molar-refractivity contribution in [2.75, 3.05) is 4.90 Å². The number of carbonyl (C=O) groups is 1. The highest BCUT2D eigenvalue weighted by Gasteiger charge is 2.33. The first kappa shape index (κ1) is 18.3. The topological polar surface area (TPSA) is 46.3 Å². The number of carbonyl (C=O) groups excluding carboxylic acids is 1. The summed E-state index contributed by atoms with van der Waals surface area (Å²) in [6, 6.07) is 23.8. The molecule has 29 heavy (non-hydrogen) atoms. The average molecular weight is 419 g/mol. The number of rotatable bonds is 4. The molecule has 3 aromatic carbocycles. The molecule has 1 amide bonds. The summed E-state index contributed by atoms with van der Waals surface area (Å²) in [5.41, 5.74) is 3.40. The Morgan fingerprint density at radius 3 is 2.28 bits per heavy atom. The zero-order valence-electron chi connectivity index (χ0n) is 15.7. The van der Waals surface area contributed by atoms with Gasteiger partial charge in [0.15, 0.2) is 5.58 Å². The Labute approximate surface area is 177 Å². The molecule has 6 heteroatoms. The maximum Gasteiger partial charge on any atom is 0.257 e. The minimum atomic E-state index is -0.299. The molecule has 144 valence electrons. The summed E-state index contributed by atoms with van der Waals surface area (Å²) in [5.74, 6) is 0.0416. The van der Waals surface area contributed by atoms with Crippen LogP contribution in [0.1, 0.15) is 13.3 Å². The lowest BCUT2D eigenvalue weighted by molar-refractivity contribution is -0.117. The molecule has 0 saturated heterocycles. The van der Waals surface area contributed by atoms with Crippen molar-refractivity contribution in [2.45, 2.75) is 33.6 Å². The fraction of sp³-hybridized carbons (Fsp3) is 0.130. The Morgan fingerprint density at radius 2 is 1.62 bits per heavy atom. The van der Waals surface area contributed by atoms with Crippen LogP contribution in [0, 0.1) is 0 Å². The van der Waals surface area contributed by atoms with Crippen molar-refractivity contribution in [3.8, 4) is 0 Å². The molecule has 0 saturated carbocycles. The Bertz CT molecular complexity index is 1130. The predicted molar refractivity (Wildman–Crippen MR) is 118 cm³/mol. The summed E-state index contributed by atoms with van der Waals surface area (Å²) in [4.78, 5) is 22.3. The maximum absolute atomic E-state index is 13.7. The van der Waals surface area contributed by atoms with Crippen molar-refractivity contribution in [3.05, 3.63) is 72.8 Å². The predicted octanol–water partition coefficient (Wildman–Crippen LogP) is 6.53. The highest BCUT2D eigenvalue weighted by atomic mass is 32.2. The lowest BCUT2D eigenvalue weighted by Crippen LogP contribution is -2.35. The smallest absolute Gasteiger partial charge is 0.257 e. The number of benzene rings is 3. The van der Waals surface area contributed by atoms with Crippen LogP contribution < -0.4 is 4.90 Å². The van der Waals surface area contributed by atoms with Gasteiger partial charge >= 0.3 is 0 Å². The monoisotopic (exact) mass is 418 g/mol. The number of anilines is 2. The zero-order valence-corrected chi connectivity index (χ0v) is 17.4. The van der Waals surface area contributed by atoms with Gasteiger partial charge in [-0.15, -0.1) is 0 Å². The Morgan fingerprint density at radius 1 is 1.00 bits per heavy atom. The molecule has 0 aliphatic carbocycles. The molecule has 5 rings (SSSR count). The molecule has 1 aliphatic rings. The van der Waals surface area contributed by atoms with E-state index in [2.05, 4.69) is 17.1 Å². The summed E-state index contributed by atoms with van der Waals surface area (Å²) >= 11 is 3.09. The van der Waals surface area contributed by atoms with E-state index >= 15 is 0 Å². The first-order valence-electron chi connectivity index (χ1n) is 9.46. The Kier molecular flexibility index (Phi) is 4.81. The normalized spacial score (nSPS) is 13.8. The molecule has 4 nitrogen and oxygen atoms in total.